The molecular weight excluding hydrogens is 583 g/mol. The molecule has 1 aromatic heterocycles. The van der Waals surface area contributed by atoms with Gasteiger partial charge in [-0.1, -0.05) is 140 Å². The molecule has 0 N–H and O–H groups in total. The van der Waals surface area contributed by atoms with E-state index in [-0.39, 0.29) is 0 Å². The first kappa shape index (κ1) is 27.9. The molecule has 9 rings (SSSR count). The summed E-state index contributed by atoms with van der Waals surface area (Å²) in [6.07, 6.45) is 0. The summed E-state index contributed by atoms with van der Waals surface area (Å²) >= 11 is 0. The minimum atomic E-state index is 0.860. The molecule has 2 heteroatoms. The Labute approximate surface area is 279 Å². The van der Waals surface area contributed by atoms with Crippen molar-refractivity contribution in [1.29, 1.82) is 0 Å². The van der Waals surface area contributed by atoms with E-state index in [9.17, 15) is 0 Å². The van der Waals surface area contributed by atoms with Gasteiger partial charge in [-0.05, 0) is 92.7 Å². The van der Waals surface area contributed by atoms with Crippen LogP contribution in [0.25, 0.3) is 66.1 Å². The molecule has 0 bridgehead atoms. The van der Waals surface area contributed by atoms with Crippen LogP contribution in [0, 0.1) is 0 Å². The van der Waals surface area contributed by atoms with E-state index < -0.39 is 0 Å². The molecule has 0 aliphatic carbocycles. The Hall–Kier alpha value is -6.38. The van der Waals surface area contributed by atoms with Crippen LogP contribution in [-0.4, -0.2) is 0 Å². The molecule has 0 fully saturated rings. The van der Waals surface area contributed by atoms with Crippen LogP contribution in [0.5, 0.6) is 0 Å². The fourth-order valence-electron chi connectivity index (χ4n) is 6.80. The molecule has 0 saturated carbocycles. The fourth-order valence-corrected chi connectivity index (χ4v) is 6.80. The normalized spacial score (nSPS) is 11.3. The summed E-state index contributed by atoms with van der Waals surface area (Å²) in [4.78, 5) is 2.33. The summed E-state index contributed by atoms with van der Waals surface area (Å²) in [5.41, 5.74) is 11.9. The van der Waals surface area contributed by atoms with Gasteiger partial charge in [0.2, 0.25) is 0 Å². The van der Waals surface area contributed by atoms with Crippen molar-refractivity contribution in [2.24, 2.45) is 0 Å². The van der Waals surface area contributed by atoms with Crippen LogP contribution in [0.2, 0.25) is 0 Å². The Bertz CT molecular complexity index is 2430. The van der Waals surface area contributed by atoms with Crippen LogP contribution in [0.3, 0.4) is 0 Å². The van der Waals surface area contributed by atoms with Gasteiger partial charge < -0.3 is 9.32 Å². The van der Waals surface area contributed by atoms with Crippen LogP contribution < -0.4 is 4.90 Å². The van der Waals surface area contributed by atoms with E-state index >= 15 is 0 Å². The number of nitrogens with zero attached hydrogens (tertiary/aromatic N) is 1. The molecule has 0 amide bonds. The highest BCUT2D eigenvalue weighted by molar-refractivity contribution is 6.15. The van der Waals surface area contributed by atoms with Crippen LogP contribution >= 0.6 is 0 Å². The van der Waals surface area contributed by atoms with Gasteiger partial charge >= 0.3 is 0 Å². The van der Waals surface area contributed by atoms with Crippen molar-refractivity contribution in [2.45, 2.75) is 0 Å². The third kappa shape index (κ3) is 5.01. The minimum Gasteiger partial charge on any atom is -0.454 e. The van der Waals surface area contributed by atoms with Crippen molar-refractivity contribution in [3.05, 3.63) is 188 Å². The monoisotopic (exact) mass is 613 g/mol. The summed E-state index contributed by atoms with van der Waals surface area (Å²) in [5.74, 6) is 0. The summed E-state index contributed by atoms with van der Waals surface area (Å²) in [7, 11) is 0. The lowest BCUT2D eigenvalue weighted by Crippen LogP contribution is -2.10. The first-order valence-corrected chi connectivity index (χ1v) is 16.3. The van der Waals surface area contributed by atoms with Gasteiger partial charge in [-0.25, -0.2) is 0 Å². The summed E-state index contributed by atoms with van der Waals surface area (Å²) in [6, 6.07) is 66.8. The maximum atomic E-state index is 6.85. The first-order valence-electron chi connectivity index (χ1n) is 16.3. The SMILES string of the molecule is c1ccc(-c2ccc(N(c3ccc(-c4ccccc4)cc3)c3cc(-c4ccccc4)cc4c3oc3cc5ccccc5cc34)cc2)cc1. The summed E-state index contributed by atoms with van der Waals surface area (Å²) in [5, 5.41) is 4.57. The van der Waals surface area contributed by atoms with Crippen LogP contribution in [0.15, 0.2) is 192 Å². The number of hydrogen-bond acceptors (Lipinski definition) is 2. The molecule has 8 aromatic carbocycles. The Morgan fingerprint density at radius 2 is 0.771 bits per heavy atom. The topological polar surface area (TPSA) is 16.4 Å². The van der Waals surface area contributed by atoms with Gasteiger partial charge in [0.05, 0.1) is 5.69 Å². The molecule has 226 valence electrons. The van der Waals surface area contributed by atoms with E-state index in [1.807, 2.05) is 0 Å². The molecule has 0 unspecified atom stereocenters. The smallest absolute Gasteiger partial charge is 0.159 e. The molecule has 0 atom stereocenters. The molecule has 0 spiro atoms. The second-order valence-corrected chi connectivity index (χ2v) is 12.2. The van der Waals surface area contributed by atoms with Crippen molar-refractivity contribution in [3.8, 4) is 33.4 Å². The van der Waals surface area contributed by atoms with Crippen LogP contribution in [0.4, 0.5) is 17.1 Å². The van der Waals surface area contributed by atoms with E-state index in [4.69, 9.17) is 4.42 Å². The number of hydrogen-bond donors (Lipinski definition) is 0. The van der Waals surface area contributed by atoms with Crippen molar-refractivity contribution >= 4 is 49.8 Å². The van der Waals surface area contributed by atoms with Crippen molar-refractivity contribution in [1.82, 2.24) is 0 Å². The number of benzene rings is 8. The maximum absolute atomic E-state index is 6.85. The number of anilines is 3. The predicted octanol–water partition coefficient (Wildman–Crippen LogP) is 13.2. The fraction of sp³-hybridized carbons (Fsp3) is 0. The Morgan fingerprint density at radius 3 is 1.29 bits per heavy atom. The van der Waals surface area contributed by atoms with Crippen molar-refractivity contribution in [2.75, 3.05) is 4.90 Å². The minimum absolute atomic E-state index is 0.860. The molecule has 1 heterocycles. The van der Waals surface area contributed by atoms with E-state index in [0.29, 0.717) is 0 Å². The summed E-state index contributed by atoms with van der Waals surface area (Å²) < 4.78 is 6.85. The quantitative estimate of drug-likeness (QED) is 0.185. The second-order valence-electron chi connectivity index (χ2n) is 12.2. The first-order chi connectivity index (χ1) is 23.8. The Morgan fingerprint density at radius 1 is 0.333 bits per heavy atom. The molecule has 48 heavy (non-hydrogen) atoms. The van der Waals surface area contributed by atoms with Crippen LogP contribution in [-0.2, 0) is 0 Å². The predicted molar refractivity (Wildman–Crippen MR) is 202 cm³/mol. The average Bonchev–Trinajstić information content (AvgIpc) is 3.53. The third-order valence-corrected chi connectivity index (χ3v) is 9.23. The van der Waals surface area contributed by atoms with Gasteiger partial charge in [0.15, 0.2) is 5.58 Å². The number of fused-ring (bicyclic) bond motifs is 4. The van der Waals surface area contributed by atoms with Crippen LogP contribution in [0.1, 0.15) is 0 Å². The van der Waals surface area contributed by atoms with E-state index in [0.717, 1.165) is 50.1 Å². The molecular formula is C46H31NO. The van der Waals surface area contributed by atoms with E-state index in [2.05, 4.69) is 193 Å². The zero-order valence-electron chi connectivity index (χ0n) is 26.3. The van der Waals surface area contributed by atoms with Gasteiger partial charge in [0, 0.05) is 22.1 Å². The van der Waals surface area contributed by atoms with Gasteiger partial charge in [0.25, 0.3) is 0 Å². The molecule has 0 saturated heterocycles. The molecule has 2 nitrogen and oxygen atoms in total. The highest BCUT2D eigenvalue weighted by atomic mass is 16.3. The summed E-state index contributed by atoms with van der Waals surface area (Å²) in [6.45, 7) is 0. The Balaban J connectivity index is 1.29. The lowest BCUT2D eigenvalue weighted by molar-refractivity contribution is 0.669. The molecule has 0 radical (unpaired) electrons. The highest BCUT2D eigenvalue weighted by Gasteiger charge is 2.22. The van der Waals surface area contributed by atoms with E-state index in [1.54, 1.807) is 0 Å². The lowest BCUT2D eigenvalue weighted by atomic mass is 9.99. The largest absolute Gasteiger partial charge is 0.454 e. The second kappa shape index (κ2) is 11.8. The van der Waals surface area contributed by atoms with Gasteiger partial charge in [-0.2, -0.15) is 0 Å². The highest BCUT2D eigenvalue weighted by Crippen LogP contribution is 2.45. The molecule has 0 aliphatic heterocycles. The van der Waals surface area contributed by atoms with Gasteiger partial charge in [0.1, 0.15) is 5.58 Å². The Kier molecular flexibility index (Phi) is 6.84. The molecule has 9 aromatic rings. The average molecular weight is 614 g/mol. The number of rotatable bonds is 6. The third-order valence-electron chi connectivity index (χ3n) is 9.23. The lowest BCUT2D eigenvalue weighted by Gasteiger charge is -2.26. The standard InChI is InChI=1S/C46H31NO/c1-4-12-32(13-5-1)35-20-24-40(25-21-35)47(41-26-22-36(23-27-41)33-14-6-2-7-15-33)44-30-39(34-16-8-3-9-17-34)29-43-42-28-37-18-10-11-19-38(37)31-45(42)48-46(43)44/h1-31H. The molecule has 0 aliphatic rings. The zero-order chi connectivity index (χ0) is 31.9. The van der Waals surface area contributed by atoms with Crippen molar-refractivity contribution < 1.29 is 4.42 Å². The van der Waals surface area contributed by atoms with Gasteiger partial charge in [-0.15, -0.1) is 0 Å². The maximum Gasteiger partial charge on any atom is 0.159 e. The van der Waals surface area contributed by atoms with Crippen molar-refractivity contribution in [3.63, 3.8) is 0 Å². The number of furan rings is 1. The zero-order valence-corrected chi connectivity index (χ0v) is 26.3. The van der Waals surface area contributed by atoms with Gasteiger partial charge in [-0.3, -0.25) is 0 Å². The van der Waals surface area contributed by atoms with E-state index in [1.165, 1.54) is 33.0 Å².